The molecular formula is C13H10F3N3S2. The van der Waals surface area contributed by atoms with Crippen LogP contribution >= 0.6 is 23.6 Å². The fourth-order valence-corrected chi connectivity index (χ4v) is 2.26. The van der Waals surface area contributed by atoms with Gasteiger partial charge < -0.3 is 5.32 Å². The summed E-state index contributed by atoms with van der Waals surface area (Å²) in [6.45, 7) is 0. The van der Waals surface area contributed by atoms with Crippen LogP contribution in [-0.2, 0) is 6.18 Å². The Labute approximate surface area is 128 Å². The highest BCUT2D eigenvalue weighted by Crippen LogP contribution is 2.34. The number of hydrogen-bond donors (Lipinski definition) is 2. The topological polar surface area (TPSA) is 36.4 Å². The molecule has 1 heterocycles. The van der Waals surface area contributed by atoms with Crippen molar-refractivity contribution in [1.29, 1.82) is 0 Å². The van der Waals surface area contributed by atoms with Crippen LogP contribution in [0.5, 0.6) is 0 Å². The molecule has 0 unspecified atom stereocenters. The van der Waals surface area contributed by atoms with Crippen LogP contribution in [0.2, 0.25) is 0 Å². The van der Waals surface area contributed by atoms with E-state index in [0.717, 1.165) is 10.9 Å². The van der Waals surface area contributed by atoms with E-state index in [1.54, 1.807) is 0 Å². The molecule has 0 spiro atoms. The van der Waals surface area contributed by atoms with Crippen LogP contribution in [0.1, 0.15) is 10.4 Å². The first-order valence-corrected chi connectivity index (χ1v) is 7.05. The van der Waals surface area contributed by atoms with Crippen LogP contribution in [0.4, 0.5) is 18.9 Å². The first kappa shape index (κ1) is 15.5. The number of thiophene rings is 1. The molecule has 21 heavy (non-hydrogen) atoms. The molecule has 0 aliphatic carbocycles. The van der Waals surface area contributed by atoms with Gasteiger partial charge in [0.25, 0.3) is 0 Å². The zero-order valence-electron chi connectivity index (χ0n) is 10.5. The third-order valence-electron chi connectivity index (χ3n) is 2.38. The van der Waals surface area contributed by atoms with Gasteiger partial charge in [0, 0.05) is 4.88 Å². The van der Waals surface area contributed by atoms with Gasteiger partial charge in [0.1, 0.15) is 0 Å². The highest BCUT2D eigenvalue weighted by Gasteiger charge is 2.33. The molecule has 0 aliphatic rings. The molecule has 0 aliphatic heterocycles. The summed E-state index contributed by atoms with van der Waals surface area (Å²) in [5, 5.41) is 8.21. The molecular weight excluding hydrogens is 319 g/mol. The first-order chi connectivity index (χ1) is 9.97. The number of alkyl halides is 3. The fourth-order valence-electron chi connectivity index (χ4n) is 1.51. The summed E-state index contributed by atoms with van der Waals surface area (Å²) in [5.74, 6) is 0. The molecule has 1 aromatic carbocycles. The number of rotatable bonds is 3. The maximum Gasteiger partial charge on any atom is 0.418 e. The lowest BCUT2D eigenvalue weighted by Crippen LogP contribution is -2.25. The van der Waals surface area contributed by atoms with Crippen LogP contribution in [0.15, 0.2) is 46.9 Å². The summed E-state index contributed by atoms with van der Waals surface area (Å²) >= 11 is 6.40. The molecule has 2 aromatic rings. The number of nitrogens with one attached hydrogen (secondary N) is 2. The lowest BCUT2D eigenvalue weighted by Gasteiger charge is -2.14. The van der Waals surface area contributed by atoms with Gasteiger partial charge in [0.2, 0.25) is 0 Å². The molecule has 0 bridgehead atoms. The van der Waals surface area contributed by atoms with E-state index in [-0.39, 0.29) is 10.8 Å². The summed E-state index contributed by atoms with van der Waals surface area (Å²) < 4.78 is 38.4. The van der Waals surface area contributed by atoms with Crippen LogP contribution in [0.25, 0.3) is 0 Å². The molecule has 0 saturated carbocycles. The summed E-state index contributed by atoms with van der Waals surface area (Å²) in [5.41, 5.74) is 1.58. The number of para-hydroxylation sites is 1. The van der Waals surface area contributed by atoms with Gasteiger partial charge in [-0.2, -0.15) is 18.3 Å². The quantitative estimate of drug-likeness (QED) is 0.506. The predicted octanol–water partition coefficient (Wildman–Crippen LogP) is 4.09. The average molecular weight is 329 g/mol. The van der Waals surface area contributed by atoms with E-state index in [1.807, 2.05) is 17.5 Å². The summed E-state index contributed by atoms with van der Waals surface area (Å²) in [6.07, 6.45) is -2.91. The van der Waals surface area contributed by atoms with Crippen LogP contribution in [0.3, 0.4) is 0 Å². The number of anilines is 1. The Bertz CT molecular complexity index is 636. The van der Waals surface area contributed by atoms with Crippen molar-refractivity contribution in [2.45, 2.75) is 6.18 Å². The molecule has 8 heteroatoms. The zero-order chi connectivity index (χ0) is 15.3. The lowest BCUT2D eigenvalue weighted by molar-refractivity contribution is -0.136. The Hall–Kier alpha value is -1.93. The maximum absolute atomic E-state index is 12.8. The van der Waals surface area contributed by atoms with E-state index in [4.69, 9.17) is 12.2 Å². The Morgan fingerprint density at radius 3 is 2.62 bits per heavy atom. The van der Waals surface area contributed by atoms with Crippen molar-refractivity contribution in [3.05, 3.63) is 52.2 Å². The Balaban J connectivity index is 2.00. The molecule has 1 aromatic heterocycles. The molecule has 2 N–H and O–H groups in total. The van der Waals surface area contributed by atoms with E-state index in [9.17, 15) is 13.2 Å². The van der Waals surface area contributed by atoms with Gasteiger partial charge in [-0.3, -0.25) is 5.43 Å². The van der Waals surface area contributed by atoms with Gasteiger partial charge in [-0.15, -0.1) is 11.3 Å². The van der Waals surface area contributed by atoms with Crippen molar-refractivity contribution in [2.24, 2.45) is 5.10 Å². The largest absolute Gasteiger partial charge is 0.418 e. The first-order valence-electron chi connectivity index (χ1n) is 5.76. The minimum Gasteiger partial charge on any atom is -0.331 e. The molecule has 0 radical (unpaired) electrons. The van der Waals surface area contributed by atoms with Gasteiger partial charge in [-0.25, -0.2) is 0 Å². The molecule has 2 rings (SSSR count). The van der Waals surface area contributed by atoms with E-state index in [1.165, 1.54) is 35.8 Å². The summed E-state index contributed by atoms with van der Waals surface area (Å²) in [6, 6.07) is 8.82. The molecule has 0 amide bonds. The summed E-state index contributed by atoms with van der Waals surface area (Å²) in [7, 11) is 0. The maximum atomic E-state index is 12.8. The minimum atomic E-state index is -4.44. The number of benzene rings is 1. The highest BCUT2D eigenvalue weighted by atomic mass is 32.1. The average Bonchev–Trinajstić information content (AvgIpc) is 2.91. The second-order valence-corrected chi connectivity index (χ2v) is 5.27. The van der Waals surface area contributed by atoms with Crippen LogP contribution in [0, 0.1) is 0 Å². The number of thiocarbonyl (C=S) groups is 1. The number of hydrazone groups is 1. The van der Waals surface area contributed by atoms with Crippen LogP contribution in [-0.4, -0.2) is 11.3 Å². The number of nitrogens with zero attached hydrogens (tertiary/aromatic N) is 1. The second-order valence-electron chi connectivity index (χ2n) is 3.88. The van der Waals surface area contributed by atoms with Crippen molar-refractivity contribution >= 4 is 40.6 Å². The highest BCUT2D eigenvalue weighted by molar-refractivity contribution is 7.80. The van der Waals surface area contributed by atoms with Crippen molar-refractivity contribution < 1.29 is 13.2 Å². The smallest absolute Gasteiger partial charge is 0.331 e. The molecule has 110 valence electrons. The van der Waals surface area contributed by atoms with E-state index in [2.05, 4.69) is 15.8 Å². The number of hydrogen-bond acceptors (Lipinski definition) is 3. The van der Waals surface area contributed by atoms with E-state index < -0.39 is 11.7 Å². The standard InChI is InChI=1S/C13H10F3N3S2/c14-13(15,16)10-5-1-2-6-11(10)18-12(20)19-17-8-9-4-3-7-21-9/h1-8H,(H2,18,19,20). The predicted molar refractivity (Wildman–Crippen MR) is 82.7 cm³/mol. The van der Waals surface area contributed by atoms with Crippen molar-refractivity contribution in [1.82, 2.24) is 5.43 Å². The Morgan fingerprint density at radius 2 is 1.95 bits per heavy atom. The van der Waals surface area contributed by atoms with Gasteiger partial charge in [-0.05, 0) is 35.8 Å². The molecule has 0 fully saturated rings. The Morgan fingerprint density at radius 1 is 1.19 bits per heavy atom. The van der Waals surface area contributed by atoms with Crippen LogP contribution < -0.4 is 10.7 Å². The van der Waals surface area contributed by atoms with E-state index in [0.29, 0.717) is 0 Å². The molecule has 0 saturated heterocycles. The van der Waals surface area contributed by atoms with Gasteiger partial charge in [0.05, 0.1) is 17.5 Å². The van der Waals surface area contributed by atoms with Crippen molar-refractivity contribution in [3.8, 4) is 0 Å². The van der Waals surface area contributed by atoms with Crippen molar-refractivity contribution in [2.75, 3.05) is 5.32 Å². The summed E-state index contributed by atoms with van der Waals surface area (Å²) in [4.78, 5) is 0.904. The monoisotopic (exact) mass is 329 g/mol. The Kier molecular flexibility index (Phi) is 4.92. The van der Waals surface area contributed by atoms with E-state index >= 15 is 0 Å². The molecule has 3 nitrogen and oxygen atoms in total. The van der Waals surface area contributed by atoms with Gasteiger partial charge in [0.15, 0.2) is 5.11 Å². The van der Waals surface area contributed by atoms with Gasteiger partial charge in [-0.1, -0.05) is 18.2 Å². The van der Waals surface area contributed by atoms with Crippen molar-refractivity contribution in [3.63, 3.8) is 0 Å². The zero-order valence-corrected chi connectivity index (χ0v) is 12.1. The normalized spacial score (nSPS) is 11.6. The lowest BCUT2D eigenvalue weighted by atomic mass is 10.2. The minimum absolute atomic E-state index is 0.0143. The number of halogens is 3. The fraction of sp³-hybridized carbons (Fsp3) is 0.0769. The molecule has 0 atom stereocenters. The SMILES string of the molecule is FC(F)(F)c1ccccc1NC(=S)NN=Cc1cccs1. The third kappa shape index (κ3) is 4.54. The second kappa shape index (κ2) is 6.68. The van der Waals surface area contributed by atoms with Gasteiger partial charge >= 0.3 is 6.18 Å². The third-order valence-corrected chi connectivity index (χ3v) is 3.38.